The second kappa shape index (κ2) is 5.44. The Morgan fingerprint density at radius 1 is 1.33 bits per heavy atom. The third kappa shape index (κ3) is 2.52. The number of hydrogen-bond donors (Lipinski definition) is 0. The average Bonchev–Trinajstić information content (AvgIpc) is 2.32. The van der Waals surface area contributed by atoms with Crippen LogP contribution in [0.4, 0.5) is 0 Å². The lowest BCUT2D eigenvalue weighted by atomic mass is 10.0. The second-order valence-corrected chi connectivity index (χ2v) is 3.06. The van der Waals surface area contributed by atoms with Crippen molar-refractivity contribution in [3.05, 3.63) is 30.3 Å². The minimum atomic E-state index is 0.734. The summed E-state index contributed by atoms with van der Waals surface area (Å²) in [7, 11) is 1.66. The molecule has 15 heavy (non-hydrogen) atoms. The molecule has 1 aromatic carbocycles. The van der Waals surface area contributed by atoms with Crippen LogP contribution in [0.1, 0.15) is 25.8 Å². The Labute approximate surface area is 91.5 Å². The van der Waals surface area contributed by atoms with E-state index >= 15 is 0 Å². The predicted molar refractivity (Wildman–Crippen MR) is 63.5 cm³/mol. The van der Waals surface area contributed by atoms with Gasteiger partial charge in [-0.2, -0.15) is 0 Å². The Kier molecular flexibility index (Phi) is 4.22. The zero-order chi connectivity index (χ0) is 11.3. The molecule has 0 fully saturated rings. The summed E-state index contributed by atoms with van der Waals surface area (Å²) in [6, 6.07) is 5.80. The maximum absolute atomic E-state index is 5.48. The van der Waals surface area contributed by atoms with Crippen molar-refractivity contribution in [2.75, 3.05) is 13.7 Å². The molecule has 0 bridgehead atoms. The van der Waals surface area contributed by atoms with Crippen molar-refractivity contribution in [1.29, 1.82) is 0 Å². The molecule has 0 N–H and O–H groups in total. The molecule has 1 aliphatic heterocycles. The molecule has 1 aliphatic rings. The van der Waals surface area contributed by atoms with E-state index in [0.29, 0.717) is 0 Å². The first-order valence-corrected chi connectivity index (χ1v) is 5.30. The highest BCUT2D eigenvalue weighted by Crippen LogP contribution is 2.34. The number of methoxy groups -OCH3 is 1. The van der Waals surface area contributed by atoms with E-state index in [4.69, 9.17) is 9.47 Å². The fourth-order valence-electron chi connectivity index (χ4n) is 1.46. The molecule has 0 radical (unpaired) electrons. The topological polar surface area (TPSA) is 18.5 Å². The van der Waals surface area contributed by atoms with Crippen LogP contribution in [0, 0.1) is 0 Å². The molecule has 0 amide bonds. The van der Waals surface area contributed by atoms with Crippen molar-refractivity contribution in [3.8, 4) is 11.5 Å². The van der Waals surface area contributed by atoms with Crippen LogP contribution in [0.5, 0.6) is 11.5 Å². The van der Waals surface area contributed by atoms with E-state index in [1.54, 1.807) is 7.11 Å². The number of fused-ring (bicyclic) bond motifs is 1. The maximum atomic E-state index is 5.48. The molecule has 2 heteroatoms. The maximum Gasteiger partial charge on any atom is 0.127 e. The normalized spacial score (nSPS) is 13.1. The Morgan fingerprint density at radius 2 is 2.07 bits per heavy atom. The van der Waals surface area contributed by atoms with Crippen LogP contribution in [0.3, 0.4) is 0 Å². The van der Waals surface area contributed by atoms with E-state index in [1.807, 2.05) is 32.0 Å². The van der Waals surface area contributed by atoms with Gasteiger partial charge in [0.15, 0.2) is 0 Å². The fraction of sp³-hybridized carbons (Fsp3) is 0.385. The summed E-state index contributed by atoms with van der Waals surface area (Å²) in [5.74, 6) is 1.77. The standard InChI is InChI=1S/C11H12O2.C2H6/c1-8-5-6-13-11-4-3-9(12-2)7-10(8)11;1-2/h3-4,7H,1,5-6H2,2H3;1-2H3. The zero-order valence-electron chi connectivity index (χ0n) is 9.67. The highest BCUT2D eigenvalue weighted by Gasteiger charge is 2.13. The van der Waals surface area contributed by atoms with Crippen LogP contribution in [0.25, 0.3) is 5.57 Å². The van der Waals surface area contributed by atoms with Crippen molar-refractivity contribution >= 4 is 5.57 Å². The number of benzene rings is 1. The van der Waals surface area contributed by atoms with Crippen LogP contribution in [0.15, 0.2) is 24.8 Å². The molecule has 0 saturated carbocycles. The lowest BCUT2D eigenvalue weighted by Gasteiger charge is -2.19. The number of hydrogen-bond acceptors (Lipinski definition) is 2. The van der Waals surface area contributed by atoms with Gasteiger partial charge in [0, 0.05) is 12.0 Å². The molecular formula is C13H18O2. The van der Waals surface area contributed by atoms with Crippen LogP contribution < -0.4 is 9.47 Å². The van der Waals surface area contributed by atoms with Gasteiger partial charge in [-0.15, -0.1) is 0 Å². The molecule has 0 aliphatic carbocycles. The first-order chi connectivity index (χ1) is 7.31. The van der Waals surface area contributed by atoms with Gasteiger partial charge in [0.2, 0.25) is 0 Å². The summed E-state index contributed by atoms with van der Waals surface area (Å²) in [6.07, 6.45) is 0.903. The monoisotopic (exact) mass is 206 g/mol. The molecule has 2 nitrogen and oxygen atoms in total. The van der Waals surface area contributed by atoms with Gasteiger partial charge in [-0.3, -0.25) is 0 Å². The van der Waals surface area contributed by atoms with Gasteiger partial charge >= 0.3 is 0 Å². The van der Waals surface area contributed by atoms with Gasteiger partial charge in [-0.1, -0.05) is 20.4 Å². The molecule has 82 valence electrons. The first-order valence-electron chi connectivity index (χ1n) is 5.30. The summed E-state index contributed by atoms with van der Waals surface area (Å²) < 4.78 is 10.6. The predicted octanol–water partition coefficient (Wildman–Crippen LogP) is 3.52. The van der Waals surface area contributed by atoms with Crippen molar-refractivity contribution < 1.29 is 9.47 Å². The summed E-state index contributed by atoms with van der Waals surface area (Å²) in [6.45, 7) is 8.73. The molecule has 0 unspecified atom stereocenters. The molecule has 0 atom stereocenters. The van der Waals surface area contributed by atoms with Gasteiger partial charge in [0.25, 0.3) is 0 Å². The summed E-state index contributed by atoms with van der Waals surface area (Å²) in [4.78, 5) is 0. The van der Waals surface area contributed by atoms with Crippen molar-refractivity contribution in [2.24, 2.45) is 0 Å². The van der Waals surface area contributed by atoms with Gasteiger partial charge < -0.3 is 9.47 Å². The van der Waals surface area contributed by atoms with Crippen LogP contribution in [-0.2, 0) is 0 Å². The lowest BCUT2D eigenvalue weighted by Crippen LogP contribution is -2.06. The highest BCUT2D eigenvalue weighted by atomic mass is 16.5. The van der Waals surface area contributed by atoms with Crippen molar-refractivity contribution in [3.63, 3.8) is 0 Å². The van der Waals surface area contributed by atoms with Gasteiger partial charge in [-0.25, -0.2) is 0 Å². The molecule has 1 aromatic rings. The molecule has 0 saturated heterocycles. The van der Waals surface area contributed by atoms with Crippen molar-refractivity contribution in [2.45, 2.75) is 20.3 Å². The lowest BCUT2D eigenvalue weighted by molar-refractivity contribution is 0.315. The Balaban J connectivity index is 0.000000531. The van der Waals surface area contributed by atoms with Crippen LogP contribution in [-0.4, -0.2) is 13.7 Å². The third-order valence-corrected chi connectivity index (χ3v) is 2.23. The minimum Gasteiger partial charge on any atom is -0.497 e. The smallest absolute Gasteiger partial charge is 0.127 e. The number of rotatable bonds is 1. The summed E-state index contributed by atoms with van der Waals surface area (Å²) >= 11 is 0. The molecule has 0 aromatic heterocycles. The van der Waals surface area contributed by atoms with Gasteiger partial charge in [0.1, 0.15) is 11.5 Å². The van der Waals surface area contributed by atoms with Crippen LogP contribution >= 0.6 is 0 Å². The Hall–Kier alpha value is -1.44. The summed E-state index contributed by atoms with van der Waals surface area (Å²) in [5.41, 5.74) is 2.20. The molecule has 1 heterocycles. The van der Waals surface area contributed by atoms with E-state index in [0.717, 1.165) is 35.7 Å². The van der Waals surface area contributed by atoms with Crippen molar-refractivity contribution in [1.82, 2.24) is 0 Å². The second-order valence-electron chi connectivity index (χ2n) is 3.06. The zero-order valence-corrected chi connectivity index (χ0v) is 9.67. The quantitative estimate of drug-likeness (QED) is 0.700. The molecule has 0 spiro atoms. The average molecular weight is 206 g/mol. The Morgan fingerprint density at radius 3 is 2.73 bits per heavy atom. The minimum absolute atomic E-state index is 0.734. The highest BCUT2D eigenvalue weighted by molar-refractivity contribution is 5.71. The molecule has 2 rings (SSSR count). The largest absolute Gasteiger partial charge is 0.497 e. The number of ether oxygens (including phenoxy) is 2. The SMILES string of the molecule is C=C1CCOc2ccc(OC)cc21.CC. The van der Waals surface area contributed by atoms with E-state index in [-0.39, 0.29) is 0 Å². The van der Waals surface area contributed by atoms with Gasteiger partial charge in [-0.05, 0) is 23.8 Å². The van der Waals surface area contributed by atoms with Gasteiger partial charge in [0.05, 0.1) is 13.7 Å². The first kappa shape index (κ1) is 11.6. The van der Waals surface area contributed by atoms with E-state index < -0.39 is 0 Å². The summed E-state index contributed by atoms with van der Waals surface area (Å²) in [5, 5.41) is 0. The van der Waals surface area contributed by atoms with E-state index in [2.05, 4.69) is 6.58 Å². The third-order valence-electron chi connectivity index (χ3n) is 2.23. The van der Waals surface area contributed by atoms with E-state index in [1.165, 1.54) is 0 Å². The Bertz CT molecular complexity index is 342. The van der Waals surface area contributed by atoms with E-state index in [9.17, 15) is 0 Å². The molecular weight excluding hydrogens is 188 g/mol. The fourth-order valence-corrected chi connectivity index (χ4v) is 1.46. The van der Waals surface area contributed by atoms with Crippen LogP contribution in [0.2, 0.25) is 0 Å².